The Kier molecular flexibility index (Phi) is 5.04. The van der Waals surface area contributed by atoms with E-state index < -0.39 is 0 Å². The second-order valence-corrected chi connectivity index (χ2v) is 7.46. The predicted octanol–water partition coefficient (Wildman–Crippen LogP) is 4.26. The van der Waals surface area contributed by atoms with Crippen LogP contribution in [0.5, 0.6) is 5.75 Å². The summed E-state index contributed by atoms with van der Waals surface area (Å²) in [7, 11) is 0. The van der Waals surface area contributed by atoms with Gasteiger partial charge in [0.15, 0.2) is 0 Å². The summed E-state index contributed by atoms with van der Waals surface area (Å²) in [5, 5.41) is 13.9. The number of hydrogen-bond acceptors (Lipinski definition) is 2. The summed E-state index contributed by atoms with van der Waals surface area (Å²) in [6.07, 6.45) is 1.86. The van der Waals surface area contributed by atoms with Crippen molar-refractivity contribution >= 4 is 0 Å². The van der Waals surface area contributed by atoms with Crippen LogP contribution in [0, 0.1) is 0 Å². The molecule has 1 aromatic carbocycles. The van der Waals surface area contributed by atoms with Crippen molar-refractivity contribution in [2.75, 3.05) is 6.54 Å². The van der Waals surface area contributed by atoms with Crippen molar-refractivity contribution in [2.45, 2.75) is 58.9 Å². The van der Waals surface area contributed by atoms with Gasteiger partial charge >= 0.3 is 0 Å². The maximum absolute atomic E-state index is 10.6. The van der Waals surface area contributed by atoms with Gasteiger partial charge in [0.05, 0.1) is 0 Å². The number of nitrogens with one attached hydrogen (secondary N) is 1. The maximum atomic E-state index is 10.6. The second kappa shape index (κ2) is 6.01. The Bertz CT molecular complexity index is 440. The van der Waals surface area contributed by atoms with Gasteiger partial charge in [0.2, 0.25) is 0 Å². The van der Waals surface area contributed by atoms with Crippen LogP contribution < -0.4 is 5.32 Å². The van der Waals surface area contributed by atoms with Crippen LogP contribution in [-0.2, 0) is 17.4 Å². The average Bonchev–Trinajstić information content (AvgIpc) is 2.28. The molecule has 1 rings (SSSR count). The molecule has 0 spiro atoms. The van der Waals surface area contributed by atoms with Crippen molar-refractivity contribution in [3.8, 4) is 5.75 Å². The Morgan fingerprint density at radius 3 is 1.85 bits per heavy atom. The summed E-state index contributed by atoms with van der Waals surface area (Å²) in [5.74, 6) is 0.442. The smallest absolute Gasteiger partial charge is 0.123 e. The van der Waals surface area contributed by atoms with Crippen molar-refractivity contribution in [3.05, 3.63) is 41.5 Å². The Balaban J connectivity index is 3.31. The Labute approximate surface area is 123 Å². The zero-order valence-corrected chi connectivity index (χ0v) is 13.8. The Morgan fingerprint density at radius 2 is 1.50 bits per heavy atom. The molecule has 0 aliphatic carbocycles. The van der Waals surface area contributed by atoms with Crippen molar-refractivity contribution in [1.29, 1.82) is 0 Å². The van der Waals surface area contributed by atoms with E-state index in [0.717, 1.165) is 24.2 Å². The SMILES string of the molecule is C=CCNCc1cc(C(C)(C)C)c(O)c(C(C)(C)C)c1. The quantitative estimate of drug-likeness (QED) is 0.635. The highest BCUT2D eigenvalue weighted by molar-refractivity contribution is 5.49. The van der Waals surface area contributed by atoms with Gasteiger partial charge in [-0.05, 0) is 27.5 Å². The molecule has 2 nitrogen and oxygen atoms in total. The third kappa shape index (κ3) is 4.11. The molecule has 0 amide bonds. The van der Waals surface area contributed by atoms with Gasteiger partial charge in [0, 0.05) is 13.1 Å². The molecular formula is C18H29NO. The first-order valence-electron chi connectivity index (χ1n) is 7.26. The van der Waals surface area contributed by atoms with E-state index in [1.165, 1.54) is 5.56 Å². The fraction of sp³-hybridized carbons (Fsp3) is 0.556. The maximum Gasteiger partial charge on any atom is 0.123 e. The minimum atomic E-state index is -0.0709. The molecule has 112 valence electrons. The van der Waals surface area contributed by atoms with E-state index in [-0.39, 0.29) is 10.8 Å². The molecule has 2 heteroatoms. The van der Waals surface area contributed by atoms with Crippen LogP contribution in [0.15, 0.2) is 24.8 Å². The number of phenols is 1. The first-order valence-corrected chi connectivity index (χ1v) is 7.26. The lowest BCUT2D eigenvalue weighted by molar-refractivity contribution is 0.422. The molecule has 0 saturated heterocycles. The van der Waals surface area contributed by atoms with Gasteiger partial charge in [-0.25, -0.2) is 0 Å². The van der Waals surface area contributed by atoms with Crippen LogP contribution in [0.25, 0.3) is 0 Å². The monoisotopic (exact) mass is 275 g/mol. The van der Waals surface area contributed by atoms with Crippen LogP contribution in [0.4, 0.5) is 0 Å². The van der Waals surface area contributed by atoms with Crippen molar-refractivity contribution < 1.29 is 5.11 Å². The third-order valence-corrected chi connectivity index (χ3v) is 3.40. The average molecular weight is 275 g/mol. The van der Waals surface area contributed by atoms with Crippen LogP contribution in [0.1, 0.15) is 58.2 Å². The summed E-state index contributed by atoms with van der Waals surface area (Å²) >= 11 is 0. The summed E-state index contributed by atoms with van der Waals surface area (Å²) < 4.78 is 0. The normalized spacial score (nSPS) is 12.5. The molecule has 20 heavy (non-hydrogen) atoms. The summed E-state index contributed by atoms with van der Waals surface area (Å²) in [6.45, 7) is 18.1. The summed E-state index contributed by atoms with van der Waals surface area (Å²) in [6, 6.07) is 4.22. The highest BCUT2D eigenvalue weighted by Gasteiger charge is 2.26. The number of phenolic OH excluding ortho intramolecular Hbond substituents is 1. The summed E-state index contributed by atoms with van der Waals surface area (Å²) in [5.41, 5.74) is 3.09. The highest BCUT2D eigenvalue weighted by atomic mass is 16.3. The van der Waals surface area contributed by atoms with Gasteiger partial charge in [-0.2, -0.15) is 0 Å². The van der Waals surface area contributed by atoms with Gasteiger partial charge in [0.25, 0.3) is 0 Å². The van der Waals surface area contributed by atoms with Gasteiger partial charge < -0.3 is 10.4 Å². The number of rotatable bonds is 4. The van der Waals surface area contributed by atoms with Crippen molar-refractivity contribution in [2.24, 2.45) is 0 Å². The topological polar surface area (TPSA) is 32.3 Å². The van der Waals surface area contributed by atoms with Crippen LogP contribution in [0.2, 0.25) is 0 Å². The van der Waals surface area contributed by atoms with E-state index in [9.17, 15) is 5.11 Å². The number of hydrogen-bond donors (Lipinski definition) is 2. The Morgan fingerprint density at radius 1 is 1.05 bits per heavy atom. The van der Waals surface area contributed by atoms with E-state index in [1.807, 2.05) is 6.08 Å². The minimum absolute atomic E-state index is 0.0709. The fourth-order valence-corrected chi connectivity index (χ4v) is 2.26. The van der Waals surface area contributed by atoms with E-state index in [2.05, 4.69) is 65.6 Å². The summed E-state index contributed by atoms with van der Waals surface area (Å²) in [4.78, 5) is 0. The largest absolute Gasteiger partial charge is 0.507 e. The molecule has 0 heterocycles. The fourth-order valence-electron chi connectivity index (χ4n) is 2.26. The number of benzene rings is 1. The van der Waals surface area contributed by atoms with Crippen LogP contribution in [0.3, 0.4) is 0 Å². The van der Waals surface area contributed by atoms with Gasteiger partial charge in [0.1, 0.15) is 5.75 Å². The lowest BCUT2D eigenvalue weighted by Gasteiger charge is -2.28. The number of aromatic hydroxyl groups is 1. The zero-order chi connectivity index (χ0) is 15.6. The molecule has 0 unspecified atom stereocenters. The lowest BCUT2D eigenvalue weighted by atomic mass is 9.78. The van der Waals surface area contributed by atoms with Crippen LogP contribution in [-0.4, -0.2) is 11.7 Å². The van der Waals surface area contributed by atoms with E-state index >= 15 is 0 Å². The zero-order valence-electron chi connectivity index (χ0n) is 13.8. The van der Waals surface area contributed by atoms with E-state index in [0.29, 0.717) is 5.75 Å². The highest BCUT2D eigenvalue weighted by Crippen LogP contribution is 2.39. The second-order valence-electron chi connectivity index (χ2n) is 7.46. The van der Waals surface area contributed by atoms with Gasteiger partial charge in [-0.1, -0.05) is 59.8 Å². The first kappa shape index (κ1) is 16.8. The Hall–Kier alpha value is -1.28. The van der Waals surface area contributed by atoms with Crippen LogP contribution >= 0.6 is 0 Å². The molecule has 0 aromatic heterocycles. The van der Waals surface area contributed by atoms with Crippen molar-refractivity contribution in [3.63, 3.8) is 0 Å². The standard InChI is InChI=1S/C18H29NO/c1-8-9-19-12-13-10-14(17(2,3)4)16(20)15(11-13)18(5,6)7/h8,10-11,19-20H,1,9,12H2,2-7H3. The van der Waals surface area contributed by atoms with Crippen molar-refractivity contribution in [1.82, 2.24) is 5.32 Å². The molecule has 0 aliphatic rings. The van der Waals surface area contributed by atoms with E-state index in [1.54, 1.807) is 0 Å². The molecular weight excluding hydrogens is 246 g/mol. The predicted molar refractivity (Wildman–Crippen MR) is 87.4 cm³/mol. The molecule has 2 N–H and O–H groups in total. The molecule has 0 aliphatic heterocycles. The molecule has 0 fully saturated rings. The lowest BCUT2D eigenvalue weighted by Crippen LogP contribution is -2.20. The minimum Gasteiger partial charge on any atom is -0.507 e. The molecule has 0 saturated carbocycles. The molecule has 0 bridgehead atoms. The van der Waals surface area contributed by atoms with Gasteiger partial charge in [-0.3, -0.25) is 0 Å². The molecule has 1 aromatic rings. The third-order valence-electron chi connectivity index (χ3n) is 3.40. The van der Waals surface area contributed by atoms with E-state index in [4.69, 9.17) is 0 Å². The molecule has 0 atom stereocenters. The molecule has 0 radical (unpaired) electrons. The first-order chi connectivity index (χ1) is 9.07. The van der Waals surface area contributed by atoms with Gasteiger partial charge in [-0.15, -0.1) is 6.58 Å².